The number of carboxylic acid groups (broad SMARTS) is 1. The molecule has 1 heterocycles. The molecule has 0 aromatic heterocycles. The third kappa shape index (κ3) is 3.41. The number of hydrogen-bond donors (Lipinski definition) is 3. The topological polar surface area (TPSA) is 81.7 Å². The molecule has 0 aromatic carbocycles. The van der Waals surface area contributed by atoms with E-state index in [1.54, 1.807) is 0 Å². The summed E-state index contributed by atoms with van der Waals surface area (Å²) >= 11 is 0. The molecule has 0 aliphatic carbocycles. The minimum absolute atomic E-state index is 0.0500. The van der Waals surface area contributed by atoms with Gasteiger partial charge >= 0.3 is 5.97 Å². The molecule has 1 aliphatic heterocycles. The van der Waals surface area contributed by atoms with Crippen LogP contribution in [0, 0.1) is 0 Å². The first-order chi connectivity index (χ1) is 8.04. The highest BCUT2D eigenvalue weighted by molar-refractivity contribution is 5.78. The van der Waals surface area contributed by atoms with Gasteiger partial charge in [-0.2, -0.15) is 0 Å². The number of amides is 1. The zero-order chi connectivity index (χ0) is 12.9. The number of rotatable bonds is 7. The van der Waals surface area contributed by atoms with Gasteiger partial charge in [-0.15, -0.1) is 0 Å². The van der Waals surface area contributed by atoms with Crippen LogP contribution < -0.4 is 10.6 Å². The van der Waals surface area contributed by atoms with Crippen molar-refractivity contribution in [2.24, 2.45) is 0 Å². The molecule has 0 radical (unpaired) electrons. The predicted molar refractivity (Wildman–Crippen MR) is 63.8 cm³/mol. The lowest BCUT2D eigenvalue weighted by atomic mass is 9.86. The Labute approximate surface area is 101 Å². The Balaban J connectivity index is 2.63. The van der Waals surface area contributed by atoms with Crippen molar-refractivity contribution < 1.29 is 14.7 Å². The first-order valence-corrected chi connectivity index (χ1v) is 5.98. The number of aliphatic carboxylic acids is 1. The minimum atomic E-state index is -0.819. The molecule has 0 atom stereocenters. The fourth-order valence-electron chi connectivity index (χ4n) is 2.20. The van der Waals surface area contributed by atoms with Gasteiger partial charge in [0, 0.05) is 19.6 Å². The molecule has 98 valence electrons. The smallest absolute Gasteiger partial charge is 0.305 e. The maximum absolute atomic E-state index is 11.6. The van der Waals surface area contributed by atoms with Crippen molar-refractivity contribution >= 4 is 11.9 Å². The van der Waals surface area contributed by atoms with Crippen molar-refractivity contribution in [3.05, 3.63) is 0 Å². The number of hydrogen-bond acceptors (Lipinski definition) is 4. The number of carbonyl (C=O) groups is 2. The Morgan fingerprint density at radius 1 is 1.41 bits per heavy atom. The number of nitrogens with zero attached hydrogens (tertiary/aromatic N) is 1. The van der Waals surface area contributed by atoms with Crippen LogP contribution in [-0.2, 0) is 9.59 Å². The lowest BCUT2D eigenvalue weighted by Crippen LogP contribution is -2.70. The monoisotopic (exact) mass is 243 g/mol. The van der Waals surface area contributed by atoms with Crippen LogP contribution in [0.25, 0.3) is 0 Å². The average Bonchev–Trinajstić information content (AvgIpc) is 2.20. The quantitative estimate of drug-likeness (QED) is 0.549. The van der Waals surface area contributed by atoms with Gasteiger partial charge in [-0.1, -0.05) is 6.92 Å². The molecule has 1 saturated heterocycles. The molecule has 0 aromatic rings. The maximum atomic E-state index is 11.6. The molecule has 0 bridgehead atoms. The number of likely N-dealkylation sites (N-methyl/N-ethyl adjacent to an activating group) is 2. The molecule has 3 N–H and O–H groups in total. The molecule has 0 unspecified atom stereocenters. The van der Waals surface area contributed by atoms with E-state index in [0.717, 1.165) is 0 Å². The molecule has 0 spiro atoms. The molecule has 1 aliphatic rings. The largest absolute Gasteiger partial charge is 0.481 e. The maximum Gasteiger partial charge on any atom is 0.305 e. The van der Waals surface area contributed by atoms with Crippen LogP contribution in [-0.4, -0.2) is 60.1 Å². The van der Waals surface area contributed by atoms with Gasteiger partial charge < -0.3 is 15.7 Å². The van der Waals surface area contributed by atoms with Crippen LogP contribution in [0.1, 0.15) is 20.3 Å². The molecule has 6 heteroatoms. The van der Waals surface area contributed by atoms with Gasteiger partial charge in [-0.25, -0.2) is 0 Å². The van der Waals surface area contributed by atoms with Crippen LogP contribution >= 0.6 is 0 Å². The van der Waals surface area contributed by atoms with Crippen LogP contribution in [0.5, 0.6) is 0 Å². The average molecular weight is 243 g/mol. The van der Waals surface area contributed by atoms with Gasteiger partial charge in [-0.05, 0) is 13.5 Å². The highest BCUT2D eigenvalue weighted by Crippen LogP contribution is 2.24. The van der Waals surface area contributed by atoms with Crippen LogP contribution in [0.4, 0.5) is 0 Å². The molecule has 1 amide bonds. The summed E-state index contributed by atoms with van der Waals surface area (Å²) in [6.45, 7) is 6.61. The van der Waals surface area contributed by atoms with Crippen LogP contribution in [0.15, 0.2) is 0 Å². The Hall–Kier alpha value is -1.14. The Morgan fingerprint density at radius 2 is 2.06 bits per heavy atom. The SMILES string of the molecule is CCNC(=O)CN(CC)C1(CC(=O)O)CNC1. The van der Waals surface area contributed by atoms with E-state index in [4.69, 9.17) is 5.11 Å². The number of nitrogens with one attached hydrogen (secondary N) is 2. The van der Waals surface area contributed by atoms with E-state index in [-0.39, 0.29) is 18.9 Å². The summed E-state index contributed by atoms with van der Waals surface area (Å²) in [7, 11) is 0. The first kappa shape index (κ1) is 13.9. The molecular weight excluding hydrogens is 222 g/mol. The third-order valence-corrected chi connectivity index (χ3v) is 3.15. The number of carbonyl (C=O) groups excluding carboxylic acids is 1. The number of carboxylic acids is 1. The van der Waals surface area contributed by atoms with Crippen molar-refractivity contribution in [1.29, 1.82) is 0 Å². The fraction of sp³-hybridized carbons (Fsp3) is 0.818. The second kappa shape index (κ2) is 5.97. The van der Waals surface area contributed by atoms with Crippen molar-refractivity contribution in [2.45, 2.75) is 25.8 Å². The molecule has 0 saturated carbocycles. The Morgan fingerprint density at radius 3 is 2.41 bits per heavy atom. The van der Waals surface area contributed by atoms with Crippen LogP contribution in [0.2, 0.25) is 0 Å². The summed E-state index contributed by atoms with van der Waals surface area (Å²) in [5, 5.41) is 14.8. The fourth-order valence-corrected chi connectivity index (χ4v) is 2.20. The molecular formula is C11H21N3O3. The van der Waals surface area contributed by atoms with E-state index < -0.39 is 11.5 Å². The summed E-state index contributed by atoms with van der Waals surface area (Å²) < 4.78 is 0. The molecule has 6 nitrogen and oxygen atoms in total. The second-order valence-corrected chi connectivity index (χ2v) is 4.37. The minimum Gasteiger partial charge on any atom is -0.481 e. The zero-order valence-corrected chi connectivity index (χ0v) is 10.5. The van der Waals surface area contributed by atoms with E-state index in [0.29, 0.717) is 26.2 Å². The molecule has 1 fully saturated rings. The van der Waals surface area contributed by atoms with E-state index in [1.165, 1.54) is 0 Å². The van der Waals surface area contributed by atoms with Crippen LogP contribution in [0.3, 0.4) is 0 Å². The standard InChI is InChI=1S/C11H21N3O3/c1-3-13-9(15)6-14(4-2)11(5-10(16)17)7-12-8-11/h12H,3-8H2,1-2H3,(H,13,15)(H,16,17). The van der Waals surface area contributed by atoms with Gasteiger partial charge in [-0.3, -0.25) is 14.5 Å². The molecule has 17 heavy (non-hydrogen) atoms. The summed E-state index contributed by atoms with van der Waals surface area (Å²) in [4.78, 5) is 24.4. The summed E-state index contributed by atoms with van der Waals surface area (Å²) in [6, 6.07) is 0. The van der Waals surface area contributed by atoms with Crippen molar-refractivity contribution in [1.82, 2.24) is 15.5 Å². The van der Waals surface area contributed by atoms with Gasteiger partial charge in [0.2, 0.25) is 5.91 Å². The van der Waals surface area contributed by atoms with Gasteiger partial charge in [0.15, 0.2) is 0 Å². The Bertz CT molecular complexity index is 290. The highest BCUT2D eigenvalue weighted by Gasteiger charge is 2.44. The van der Waals surface area contributed by atoms with E-state index in [9.17, 15) is 9.59 Å². The second-order valence-electron chi connectivity index (χ2n) is 4.37. The van der Waals surface area contributed by atoms with Gasteiger partial charge in [0.25, 0.3) is 0 Å². The Kier molecular flexibility index (Phi) is 4.89. The lowest BCUT2D eigenvalue weighted by Gasteiger charge is -2.49. The third-order valence-electron chi connectivity index (χ3n) is 3.15. The normalized spacial score (nSPS) is 17.6. The van der Waals surface area contributed by atoms with Gasteiger partial charge in [0.1, 0.15) is 0 Å². The summed E-state index contributed by atoms with van der Waals surface area (Å²) in [5.41, 5.74) is -0.397. The highest BCUT2D eigenvalue weighted by atomic mass is 16.4. The summed E-state index contributed by atoms with van der Waals surface area (Å²) in [5.74, 6) is -0.869. The van der Waals surface area contributed by atoms with E-state index >= 15 is 0 Å². The molecule has 1 rings (SSSR count). The summed E-state index contributed by atoms with van der Waals surface area (Å²) in [6.07, 6.45) is 0.0766. The van der Waals surface area contributed by atoms with E-state index in [2.05, 4.69) is 10.6 Å². The zero-order valence-electron chi connectivity index (χ0n) is 10.5. The van der Waals surface area contributed by atoms with Crippen molar-refractivity contribution in [3.63, 3.8) is 0 Å². The van der Waals surface area contributed by atoms with E-state index in [1.807, 2.05) is 18.7 Å². The predicted octanol–water partition coefficient (Wildman–Crippen LogP) is -0.739. The lowest BCUT2D eigenvalue weighted by molar-refractivity contribution is -0.143. The van der Waals surface area contributed by atoms with Crippen molar-refractivity contribution in [2.75, 3.05) is 32.7 Å². The van der Waals surface area contributed by atoms with Gasteiger partial charge in [0.05, 0.1) is 18.5 Å². The first-order valence-electron chi connectivity index (χ1n) is 5.98. The van der Waals surface area contributed by atoms with Crippen molar-refractivity contribution in [3.8, 4) is 0 Å².